The van der Waals surface area contributed by atoms with Crippen LogP contribution in [0.1, 0.15) is 26.3 Å². The largest absolute Gasteiger partial charge is 0.492 e. The van der Waals surface area contributed by atoms with Crippen molar-refractivity contribution in [3.05, 3.63) is 49.1 Å². The molecule has 0 heterocycles. The second kappa shape index (κ2) is 11.2. The Morgan fingerprint density at radius 1 is 1.06 bits per heavy atom. The fourth-order valence-electron chi connectivity index (χ4n) is 2.65. The van der Waals surface area contributed by atoms with Crippen molar-refractivity contribution in [2.75, 3.05) is 14.2 Å². The van der Waals surface area contributed by atoms with E-state index >= 15 is 0 Å². The molecule has 0 unspecified atom stereocenters. The molecule has 0 aliphatic carbocycles. The fraction of sp³-hybridized carbons (Fsp3) is 0.364. The number of amides is 1. The maximum absolute atomic E-state index is 12.1. The molecule has 9 heteroatoms. The molecular formula is C22H25I2NO6. The lowest BCUT2D eigenvalue weighted by molar-refractivity contribution is -0.143. The predicted molar refractivity (Wildman–Crippen MR) is 134 cm³/mol. The van der Waals surface area contributed by atoms with Gasteiger partial charge in [-0.3, -0.25) is 0 Å². The Morgan fingerprint density at radius 3 is 2.26 bits per heavy atom. The first kappa shape index (κ1) is 25.5. The first-order valence-corrected chi connectivity index (χ1v) is 11.6. The van der Waals surface area contributed by atoms with Crippen LogP contribution in [0.4, 0.5) is 4.79 Å². The van der Waals surface area contributed by atoms with Crippen molar-refractivity contribution in [3.63, 3.8) is 0 Å². The summed E-state index contributed by atoms with van der Waals surface area (Å²) in [5, 5.41) is 2.57. The summed E-state index contributed by atoms with van der Waals surface area (Å²) in [4.78, 5) is 24.2. The van der Waals surface area contributed by atoms with Crippen LogP contribution in [0, 0.1) is 7.14 Å². The monoisotopic (exact) mass is 653 g/mol. The first-order valence-electron chi connectivity index (χ1n) is 9.39. The third-order valence-electron chi connectivity index (χ3n) is 3.95. The molecule has 1 N–H and O–H groups in total. The normalized spacial score (nSPS) is 12.0. The molecule has 1 amide bonds. The van der Waals surface area contributed by atoms with E-state index in [1.54, 1.807) is 40.0 Å². The van der Waals surface area contributed by atoms with Gasteiger partial charge in [0.05, 0.1) is 17.8 Å². The van der Waals surface area contributed by atoms with E-state index in [1.807, 2.05) is 24.3 Å². The van der Waals surface area contributed by atoms with Crippen molar-refractivity contribution in [3.8, 4) is 17.2 Å². The predicted octanol–water partition coefficient (Wildman–Crippen LogP) is 5.31. The number of alkyl carbamates (subject to hydrolysis) is 1. The van der Waals surface area contributed by atoms with Gasteiger partial charge in [0.1, 0.15) is 17.4 Å². The number of carbonyl (C=O) groups is 2. The van der Waals surface area contributed by atoms with Crippen LogP contribution < -0.4 is 14.8 Å². The average Bonchev–Trinajstić information content (AvgIpc) is 2.66. The Hall–Kier alpha value is -1.76. The number of esters is 1. The highest BCUT2D eigenvalue weighted by atomic mass is 127. The minimum Gasteiger partial charge on any atom is -0.492 e. The zero-order valence-corrected chi connectivity index (χ0v) is 22.3. The Balaban J connectivity index is 2.12. The molecule has 0 spiro atoms. The zero-order valence-electron chi connectivity index (χ0n) is 18.0. The summed E-state index contributed by atoms with van der Waals surface area (Å²) < 4.78 is 23.5. The van der Waals surface area contributed by atoms with Crippen molar-refractivity contribution in [1.82, 2.24) is 5.32 Å². The Morgan fingerprint density at radius 2 is 1.71 bits per heavy atom. The number of methoxy groups -OCH3 is 2. The molecule has 0 fully saturated rings. The Labute approximate surface area is 209 Å². The van der Waals surface area contributed by atoms with Crippen molar-refractivity contribution in [2.24, 2.45) is 0 Å². The van der Waals surface area contributed by atoms with Crippen molar-refractivity contribution >= 4 is 57.2 Å². The summed E-state index contributed by atoms with van der Waals surface area (Å²) in [5.41, 5.74) is 0.153. The molecule has 0 aliphatic heterocycles. The minimum absolute atomic E-state index is 0.247. The molecule has 2 aromatic carbocycles. The molecule has 0 radical (unpaired) electrons. The zero-order chi connectivity index (χ0) is 23.2. The van der Waals surface area contributed by atoms with E-state index in [-0.39, 0.29) is 6.42 Å². The van der Waals surface area contributed by atoms with Gasteiger partial charge in [-0.15, -0.1) is 0 Å². The van der Waals surface area contributed by atoms with Crippen LogP contribution in [0.25, 0.3) is 0 Å². The van der Waals surface area contributed by atoms with Crippen molar-refractivity contribution in [1.29, 1.82) is 0 Å². The summed E-state index contributed by atoms with van der Waals surface area (Å²) in [7, 11) is 2.88. The summed E-state index contributed by atoms with van der Waals surface area (Å²) in [6.07, 6.45) is -0.431. The van der Waals surface area contributed by atoms with Gasteiger partial charge in [-0.2, -0.15) is 0 Å². The van der Waals surface area contributed by atoms with E-state index in [0.717, 1.165) is 12.7 Å². The lowest BCUT2D eigenvalue weighted by Gasteiger charge is -2.22. The van der Waals surface area contributed by atoms with Crippen LogP contribution in [0.2, 0.25) is 0 Å². The highest BCUT2D eigenvalue weighted by molar-refractivity contribution is 14.1. The van der Waals surface area contributed by atoms with Gasteiger partial charge in [0, 0.05) is 9.99 Å². The molecule has 0 saturated heterocycles. The van der Waals surface area contributed by atoms with E-state index < -0.39 is 23.7 Å². The molecule has 0 aliphatic rings. The van der Waals surface area contributed by atoms with E-state index in [1.165, 1.54) is 7.11 Å². The van der Waals surface area contributed by atoms with Gasteiger partial charge in [0.2, 0.25) is 0 Å². The second-order valence-electron chi connectivity index (χ2n) is 7.59. The molecule has 2 rings (SSSR count). The van der Waals surface area contributed by atoms with Crippen LogP contribution in [0.15, 0.2) is 36.4 Å². The van der Waals surface area contributed by atoms with E-state index in [0.29, 0.717) is 17.2 Å². The van der Waals surface area contributed by atoms with E-state index in [4.69, 9.17) is 18.9 Å². The number of halogens is 2. The van der Waals surface area contributed by atoms with Crippen molar-refractivity contribution < 1.29 is 28.5 Å². The molecule has 1 atom stereocenters. The van der Waals surface area contributed by atoms with Crippen LogP contribution in [0.5, 0.6) is 17.2 Å². The number of nitrogens with one attached hydrogen (secondary N) is 1. The summed E-state index contributed by atoms with van der Waals surface area (Å²) in [6, 6.07) is 10.3. The Bertz CT molecular complexity index is 925. The topological polar surface area (TPSA) is 83.1 Å². The SMILES string of the molecule is COC(=O)[C@H](Cc1ccc(Oc2cc(I)cc(I)c2OC)cc1)NC(=O)OC(C)(C)C. The van der Waals surface area contributed by atoms with E-state index in [9.17, 15) is 9.59 Å². The van der Waals surface area contributed by atoms with Crippen LogP contribution >= 0.6 is 45.2 Å². The number of benzene rings is 2. The lowest BCUT2D eigenvalue weighted by atomic mass is 10.1. The number of hydrogen-bond donors (Lipinski definition) is 1. The Kier molecular flexibility index (Phi) is 9.22. The molecule has 168 valence electrons. The smallest absolute Gasteiger partial charge is 0.408 e. The first-order chi connectivity index (χ1) is 14.5. The standard InChI is InChI=1S/C22H25I2NO6/c1-22(2,3)31-21(27)25-17(20(26)29-5)10-13-6-8-15(9-7-13)30-18-12-14(23)11-16(24)19(18)28-4/h6-9,11-12,17H,10H2,1-5H3,(H,25,27)/t17-/m0/s1. The summed E-state index contributed by atoms with van der Waals surface area (Å²) in [5.74, 6) is 1.35. The second-order valence-corrected chi connectivity index (χ2v) is 10.00. The number of hydrogen-bond acceptors (Lipinski definition) is 6. The molecule has 0 bridgehead atoms. The highest BCUT2D eigenvalue weighted by Gasteiger charge is 2.25. The fourth-order valence-corrected chi connectivity index (χ4v) is 4.66. The third-order valence-corrected chi connectivity index (χ3v) is 5.37. The minimum atomic E-state index is -0.871. The highest BCUT2D eigenvalue weighted by Crippen LogP contribution is 2.37. The van der Waals surface area contributed by atoms with Crippen LogP contribution in [-0.4, -0.2) is 37.9 Å². The number of ether oxygens (including phenoxy) is 4. The number of rotatable bonds is 7. The molecule has 0 saturated carbocycles. The lowest BCUT2D eigenvalue weighted by Crippen LogP contribution is -2.45. The summed E-state index contributed by atoms with van der Waals surface area (Å²) >= 11 is 4.42. The summed E-state index contributed by atoms with van der Waals surface area (Å²) in [6.45, 7) is 5.26. The average molecular weight is 653 g/mol. The van der Waals surface area contributed by atoms with Gasteiger partial charge in [-0.25, -0.2) is 9.59 Å². The van der Waals surface area contributed by atoms with E-state index in [2.05, 4.69) is 50.5 Å². The molecule has 31 heavy (non-hydrogen) atoms. The van der Waals surface area contributed by atoms with Gasteiger partial charge in [0.25, 0.3) is 0 Å². The van der Waals surface area contributed by atoms with Gasteiger partial charge in [-0.05, 0) is 95.8 Å². The maximum Gasteiger partial charge on any atom is 0.408 e. The molecular weight excluding hydrogens is 628 g/mol. The third kappa shape index (κ3) is 8.02. The quantitative estimate of drug-likeness (QED) is 0.323. The number of carbonyl (C=O) groups excluding carboxylic acids is 2. The van der Waals surface area contributed by atoms with Gasteiger partial charge in [-0.1, -0.05) is 12.1 Å². The molecule has 0 aromatic heterocycles. The van der Waals surface area contributed by atoms with Crippen LogP contribution in [0.3, 0.4) is 0 Å². The molecule has 7 nitrogen and oxygen atoms in total. The van der Waals surface area contributed by atoms with Gasteiger partial charge >= 0.3 is 12.1 Å². The van der Waals surface area contributed by atoms with Gasteiger partial charge in [0.15, 0.2) is 11.5 Å². The van der Waals surface area contributed by atoms with Gasteiger partial charge < -0.3 is 24.3 Å². The van der Waals surface area contributed by atoms with Crippen LogP contribution in [-0.2, 0) is 20.7 Å². The molecule has 2 aromatic rings. The maximum atomic E-state index is 12.1. The van der Waals surface area contributed by atoms with Crippen molar-refractivity contribution in [2.45, 2.75) is 38.8 Å².